The zero-order chi connectivity index (χ0) is 19.9. The number of carbonyl (C=O) groups is 1. The second kappa shape index (κ2) is 10.6. The van der Waals surface area contributed by atoms with Crippen molar-refractivity contribution in [1.82, 2.24) is 18.8 Å². The Morgan fingerprint density at radius 3 is 2.30 bits per heavy atom. The number of hydrogen-bond acceptors (Lipinski definition) is 5. The van der Waals surface area contributed by atoms with Gasteiger partial charge in [0.25, 0.3) is 10.2 Å². The highest BCUT2D eigenvalue weighted by molar-refractivity contribution is 7.87. The highest BCUT2D eigenvalue weighted by Gasteiger charge is 2.29. The number of likely N-dealkylation sites (tertiary alicyclic amines) is 1. The van der Waals surface area contributed by atoms with Crippen molar-refractivity contribution in [3.05, 3.63) is 0 Å². The monoisotopic (exact) mass is 404 g/mol. The second-order valence-electron chi connectivity index (χ2n) is 7.90. The Balaban J connectivity index is 1.63. The lowest BCUT2D eigenvalue weighted by molar-refractivity contribution is 0.0932. The third-order valence-electron chi connectivity index (χ3n) is 5.23. The predicted octanol–water partition coefficient (Wildman–Crippen LogP) is 1.35. The molecule has 0 aromatic heterocycles. The smallest absolute Gasteiger partial charge is 0.409 e. The average Bonchev–Trinajstić information content (AvgIpc) is 2.61. The average molecular weight is 405 g/mol. The number of piperidine rings is 1. The lowest BCUT2D eigenvalue weighted by Gasteiger charge is -2.35. The topological polar surface area (TPSA) is 82.2 Å². The van der Waals surface area contributed by atoms with Crippen molar-refractivity contribution in [1.29, 1.82) is 0 Å². The first kappa shape index (κ1) is 22.4. The standard InChI is InChI=1S/C18H36N4O4S/c1-4-26-18(23)21-9-11-22(12-10-21)27(24,25)19-7-5-6-8-20-14-16(2)13-17(3)15-20/h16-17,19H,4-15H2,1-3H3. The van der Waals surface area contributed by atoms with Gasteiger partial charge in [-0.15, -0.1) is 0 Å². The fourth-order valence-electron chi connectivity index (χ4n) is 4.05. The van der Waals surface area contributed by atoms with Gasteiger partial charge in [-0.05, 0) is 44.6 Å². The van der Waals surface area contributed by atoms with Crippen LogP contribution < -0.4 is 4.72 Å². The third-order valence-corrected chi connectivity index (χ3v) is 6.85. The summed E-state index contributed by atoms with van der Waals surface area (Å²) < 4.78 is 33.9. The Hall–Kier alpha value is -0.900. The zero-order valence-electron chi connectivity index (χ0n) is 17.0. The van der Waals surface area contributed by atoms with Gasteiger partial charge in [-0.1, -0.05) is 13.8 Å². The highest BCUT2D eigenvalue weighted by atomic mass is 32.2. The van der Waals surface area contributed by atoms with Crippen molar-refractivity contribution in [3.63, 3.8) is 0 Å². The molecule has 0 saturated carbocycles. The number of unbranched alkanes of at least 4 members (excludes halogenated alkanes) is 1. The van der Waals surface area contributed by atoms with Gasteiger partial charge in [-0.25, -0.2) is 9.52 Å². The largest absolute Gasteiger partial charge is 0.450 e. The van der Waals surface area contributed by atoms with Gasteiger partial charge in [0.2, 0.25) is 0 Å². The van der Waals surface area contributed by atoms with E-state index >= 15 is 0 Å². The number of amides is 1. The Bertz CT molecular complexity index is 554. The third kappa shape index (κ3) is 7.21. The van der Waals surface area contributed by atoms with E-state index in [0.717, 1.165) is 44.3 Å². The lowest BCUT2D eigenvalue weighted by Crippen LogP contribution is -2.53. The van der Waals surface area contributed by atoms with E-state index in [1.807, 2.05) is 0 Å². The minimum atomic E-state index is -3.48. The fourth-order valence-corrected chi connectivity index (χ4v) is 5.28. The Morgan fingerprint density at radius 1 is 1.07 bits per heavy atom. The van der Waals surface area contributed by atoms with E-state index < -0.39 is 10.2 Å². The molecular formula is C18H36N4O4S. The number of rotatable bonds is 8. The van der Waals surface area contributed by atoms with E-state index in [2.05, 4.69) is 23.5 Å². The molecule has 2 fully saturated rings. The SMILES string of the molecule is CCOC(=O)N1CCN(S(=O)(=O)NCCCCN2CC(C)CC(C)C2)CC1. The molecule has 2 rings (SSSR count). The summed E-state index contributed by atoms with van der Waals surface area (Å²) in [5, 5.41) is 0. The van der Waals surface area contributed by atoms with E-state index in [-0.39, 0.29) is 6.09 Å². The molecule has 1 N–H and O–H groups in total. The molecule has 2 aliphatic heterocycles. The molecular weight excluding hydrogens is 368 g/mol. The van der Waals surface area contributed by atoms with Crippen LogP contribution in [0.1, 0.15) is 40.0 Å². The molecule has 2 saturated heterocycles. The number of ether oxygens (including phenoxy) is 1. The summed E-state index contributed by atoms with van der Waals surface area (Å²) >= 11 is 0. The summed E-state index contributed by atoms with van der Waals surface area (Å²) in [6, 6.07) is 0. The van der Waals surface area contributed by atoms with Gasteiger partial charge in [0.15, 0.2) is 0 Å². The van der Waals surface area contributed by atoms with Gasteiger partial charge in [-0.3, -0.25) is 0 Å². The van der Waals surface area contributed by atoms with Gasteiger partial charge in [-0.2, -0.15) is 12.7 Å². The van der Waals surface area contributed by atoms with Crippen LogP contribution in [0.4, 0.5) is 4.79 Å². The molecule has 0 bridgehead atoms. The normalized spacial score (nSPS) is 25.5. The van der Waals surface area contributed by atoms with Gasteiger partial charge in [0.1, 0.15) is 0 Å². The van der Waals surface area contributed by atoms with Crippen molar-refractivity contribution in [2.24, 2.45) is 11.8 Å². The minimum absolute atomic E-state index is 0.303. The summed E-state index contributed by atoms with van der Waals surface area (Å²) in [6.07, 6.45) is 2.77. The number of hydrogen-bond donors (Lipinski definition) is 1. The van der Waals surface area contributed by atoms with Crippen molar-refractivity contribution in [3.8, 4) is 0 Å². The minimum Gasteiger partial charge on any atom is -0.450 e. The molecule has 0 aliphatic carbocycles. The van der Waals surface area contributed by atoms with Crippen molar-refractivity contribution < 1.29 is 17.9 Å². The maximum atomic E-state index is 12.4. The van der Waals surface area contributed by atoms with Crippen LogP contribution >= 0.6 is 0 Å². The first-order chi connectivity index (χ1) is 12.8. The van der Waals surface area contributed by atoms with Crippen LogP contribution in [0.2, 0.25) is 0 Å². The van der Waals surface area contributed by atoms with E-state index in [9.17, 15) is 13.2 Å². The van der Waals surface area contributed by atoms with Crippen LogP contribution in [0.15, 0.2) is 0 Å². The predicted molar refractivity (Wildman–Crippen MR) is 106 cm³/mol. The maximum Gasteiger partial charge on any atom is 0.409 e. The molecule has 2 atom stereocenters. The molecule has 0 aromatic carbocycles. The molecule has 1 amide bonds. The summed E-state index contributed by atoms with van der Waals surface area (Å²) in [6.45, 7) is 11.8. The molecule has 2 aliphatic rings. The first-order valence-corrected chi connectivity index (χ1v) is 11.6. The van der Waals surface area contributed by atoms with Gasteiger partial charge < -0.3 is 14.5 Å². The second-order valence-corrected chi connectivity index (χ2v) is 9.65. The van der Waals surface area contributed by atoms with Gasteiger partial charge >= 0.3 is 6.09 Å². The molecule has 2 unspecified atom stereocenters. The highest BCUT2D eigenvalue weighted by Crippen LogP contribution is 2.21. The quantitative estimate of drug-likeness (QED) is 0.618. The maximum absolute atomic E-state index is 12.4. The zero-order valence-corrected chi connectivity index (χ0v) is 17.8. The van der Waals surface area contributed by atoms with E-state index in [0.29, 0.717) is 39.3 Å². The molecule has 158 valence electrons. The van der Waals surface area contributed by atoms with Crippen molar-refractivity contribution in [2.75, 3.05) is 59.0 Å². The molecule has 0 radical (unpaired) electrons. The summed E-state index contributed by atoms with van der Waals surface area (Å²) in [5.41, 5.74) is 0. The molecule has 0 aromatic rings. The Labute approximate surface area is 164 Å². The van der Waals surface area contributed by atoms with Crippen LogP contribution in [0, 0.1) is 11.8 Å². The van der Waals surface area contributed by atoms with Crippen LogP contribution in [0.3, 0.4) is 0 Å². The van der Waals surface area contributed by atoms with Gasteiger partial charge in [0.05, 0.1) is 6.61 Å². The molecule has 8 nitrogen and oxygen atoms in total. The van der Waals surface area contributed by atoms with Crippen LogP contribution in [-0.4, -0.2) is 87.6 Å². The number of nitrogens with one attached hydrogen (secondary N) is 1. The van der Waals surface area contributed by atoms with Crippen molar-refractivity contribution >= 4 is 16.3 Å². The first-order valence-electron chi connectivity index (χ1n) is 10.2. The number of piperazine rings is 1. The Kier molecular flexibility index (Phi) is 8.78. The summed E-state index contributed by atoms with van der Waals surface area (Å²) in [5.74, 6) is 1.50. The van der Waals surface area contributed by atoms with Crippen LogP contribution in [-0.2, 0) is 14.9 Å². The van der Waals surface area contributed by atoms with Crippen LogP contribution in [0.25, 0.3) is 0 Å². The summed E-state index contributed by atoms with van der Waals surface area (Å²) in [4.78, 5) is 15.7. The van der Waals surface area contributed by atoms with E-state index in [1.165, 1.54) is 10.7 Å². The number of nitrogens with zero attached hydrogens (tertiary/aromatic N) is 3. The molecule has 0 spiro atoms. The van der Waals surface area contributed by atoms with Crippen LogP contribution in [0.5, 0.6) is 0 Å². The molecule has 9 heteroatoms. The fraction of sp³-hybridized carbons (Fsp3) is 0.944. The Morgan fingerprint density at radius 2 is 1.70 bits per heavy atom. The van der Waals surface area contributed by atoms with Crippen molar-refractivity contribution in [2.45, 2.75) is 40.0 Å². The van der Waals surface area contributed by atoms with Gasteiger partial charge in [0, 0.05) is 45.8 Å². The summed E-state index contributed by atoms with van der Waals surface area (Å²) in [7, 11) is -3.48. The number of carbonyl (C=O) groups excluding carboxylic acids is 1. The van der Waals surface area contributed by atoms with E-state index in [4.69, 9.17) is 4.74 Å². The van der Waals surface area contributed by atoms with E-state index in [1.54, 1.807) is 11.8 Å². The lowest BCUT2D eigenvalue weighted by atomic mass is 9.92. The molecule has 27 heavy (non-hydrogen) atoms. The molecule has 2 heterocycles.